The van der Waals surface area contributed by atoms with Gasteiger partial charge in [-0.25, -0.2) is 4.79 Å². The lowest BCUT2D eigenvalue weighted by Crippen LogP contribution is -2.54. The van der Waals surface area contributed by atoms with E-state index in [2.05, 4.69) is 0 Å². The molecule has 0 saturated carbocycles. The Hall–Kier alpha value is -1.88. The van der Waals surface area contributed by atoms with Gasteiger partial charge < -0.3 is 14.7 Å². The SMILES string of the molecule is COC1CN(C(=O)Cc2ccc(C(=O)O)cc2)C1. The minimum atomic E-state index is -0.960. The van der Waals surface area contributed by atoms with E-state index in [9.17, 15) is 9.59 Å². The van der Waals surface area contributed by atoms with E-state index in [-0.39, 0.29) is 17.6 Å². The third kappa shape index (κ3) is 2.68. The molecule has 1 saturated heterocycles. The molecule has 0 spiro atoms. The number of benzene rings is 1. The number of carboxylic acid groups (broad SMARTS) is 1. The van der Waals surface area contributed by atoms with E-state index >= 15 is 0 Å². The highest BCUT2D eigenvalue weighted by molar-refractivity contribution is 5.87. The monoisotopic (exact) mass is 249 g/mol. The highest BCUT2D eigenvalue weighted by Crippen LogP contribution is 2.13. The summed E-state index contributed by atoms with van der Waals surface area (Å²) < 4.78 is 5.10. The summed E-state index contributed by atoms with van der Waals surface area (Å²) in [7, 11) is 1.64. The average molecular weight is 249 g/mol. The van der Waals surface area contributed by atoms with E-state index in [0.717, 1.165) is 5.56 Å². The second kappa shape index (κ2) is 5.18. The molecule has 5 heteroatoms. The summed E-state index contributed by atoms with van der Waals surface area (Å²) in [6, 6.07) is 6.38. The number of nitrogens with zero attached hydrogens (tertiary/aromatic N) is 1. The maximum atomic E-state index is 11.8. The fourth-order valence-corrected chi connectivity index (χ4v) is 1.84. The summed E-state index contributed by atoms with van der Waals surface area (Å²) in [6.07, 6.45) is 0.458. The molecule has 1 aliphatic heterocycles. The number of methoxy groups -OCH3 is 1. The number of hydrogen-bond acceptors (Lipinski definition) is 3. The largest absolute Gasteiger partial charge is 0.478 e. The van der Waals surface area contributed by atoms with Crippen LogP contribution >= 0.6 is 0 Å². The fraction of sp³-hybridized carbons (Fsp3) is 0.385. The van der Waals surface area contributed by atoms with Crippen molar-refractivity contribution in [3.05, 3.63) is 35.4 Å². The van der Waals surface area contributed by atoms with Crippen molar-refractivity contribution >= 4 is 11.9 Å². The lowest BCUT2D eigenvalue weighted by molar-refractivity contribution is -0.142. The Morgan fingerprint density at radius 2 is 1.94 bits per heavy atom. The second-order valence-electron chi connectivity index (χ2n) is 4.34. The van der Waals surface area contributed by atoms with Crippen molar-refractivity contribution in [3.8, 4) is 0 Å². The first-order valence-electron chi connectivity index (χ1n) is 5.73. The number of carbonyl (C=O) groups is 2. The second-order valence-corrected chi connectivity index (χ2v) is 4.34. The predicted molar refractivity (Wildman–Crippen MR) is 64.5 cm³/mol. The number of aromatic carboxylic acids is 1. The van der Waals surface area contributed by atoms with Gasteiger partial charge in [-0.05, 0) is 17.7 Å². The van der Waals surface area contributed by atoms with Crippen LogP contribution in [0.15, 0.2) is 24.3 Å². The van der Waals surface area contributed by atoms with Gasteiger partial charge in [0.15, 0.2) is 0 Å². The van der Waals surface area contributed by atoms with Gasteiger partial charge in [-0.3, -0.25) is 4.79 Å². The summed E-state index contributed by atoms with van der Waals surface area (Å²) in [5, 5.41) is 8.76. The zero-order chi connectivity index (χ0) is 13.1. The van der Waals surface area contributed by atoms with Crippen molar-refractivity contribution in [1.82, 2.24) is 4.90 Å². The molecule has 96 valence electrons. The first kappa shape index (κ1) is 12.6. The van der Waals surface area contributed by atoms with Gasteiger partial charge in [0.05, 0.1) is 18.1 Å². The van der Waals surface area contributed by atoms with E-state index in [1.54, 1.807) is 24.1 Å². The Balaban J connectivity index is 1.90. The standard InChI is InChI=1S/C13H15NO4/c1-18-11-7-14(8-11)12(15)6-9-2-4-10(5-3-9)13(16)17/h2-5,11H,6-8H2,1H3,(H,16,17). The molecule has 1 fully saturated rings. The molecule has 2 rings (SSSR count). The zero-order valence-corrected chi connectivity index (χ0v) is 10.1. The number of hydrogen-bond donors (Lipinski definition) is 1. The van der Waals surface area contributed by atoms with Crippen molar-refractivity contribution in [2.75, 3.05) is 20.2 Å². The zero-order valence-electron chi connectivity index (χ0n) is 10.1. The number of carboxylic acids is 1. The Labute approximate surface area is 105 Å². The molecular formula is C13H15NO4. The quantitative estimate of drug-likeness (QED) is 0.856. The molecule has 0 bridgehead atoms. The van der Waals surface area contributed by atoms with Crippen molar-refractivity contribution < 1.29 is 19.4 Å². The van der Waals surface area contributed by atoms with Crippen LogP contribution in [-0.2, 0) is 16.0 Å². The molecule has 1 amide bonds. The normalized spacial score (nSPS) is 15.3. The lowest BCUT2D eigenvalue weighted by atomic mass is 10.1. The third-order valence-corrected chi connectivity index (χ3v) is 3.09. The number of ether oxygens (including phenoxy) is 1. The number of carbonyl (C=O) groups excluding carboxylic acids is 1. The molecule has 18 heavy (non-hydrogen) atoms. The van der Waals surface area contributed by atoms with E-state index in [4.69, 9.17) is 9.84 Å². The molecule has 5 nitrogen and oxygen atoms in total. The maximum Gasteiger partial charge on any atom is 0.335 e. The van der Waals surface area contributed by atoms with Gasteiger partial charge in [0, 0.05) is 20.2 Å². The van der Waals surface area contributed by atoms with Crippen LogP contribution in [0, 0.1) is 0 Å². The topological polar surface area (TPSA) is 66.8 Å². The Morgan fingerprint density at radius 1 is 1.33 bits per heavy atom. The Morgan fingerprint density at radius 3 is 2.44 bits per heavy atom. The maximum absolute atomic E-state index is 11.8. The van der Waals surface area contributed by atoms with Gasteiger partial charge in [0.1, 0.15) is 0 Å². The molecule has 1 aromatic carbocycles. The third-order valence-electron chi connectivity index (χ3n) is 3.09. The van der Waals surface area contributed by atoms with Crippen LogP contribution in [0.5, 0.6) is 0 Å². The van der Waals surface area contributed by atoms with Gasteiger partial charge >= 0.3 is 5.97 Å². The van der Waals surface area contributed by atoms with E-state index < -0.39 is 5.97 Å². The van der Waals surface area contributed by atoms with Crippen molar-refractivity contribution in [3.63, 3.8) is 0 Å². The molecule has 0 aromatic heterocycles. The summed E-state index contributed by atoms with van der Waals surface area (Å²) in [6.45, 7) is 1.28. The van der Waals surface area contributed by atoms with Gasteiger partial charge in [0.25, 0.3) is 0 Å². The fourth-order valence-electron chi connectivity index (χ4n) is 1.84. The number of rotatable bonds is 4. The minimum Gasteiger partial charge on any atom is -0.478 e. The van der Waals surface area contributed by atoms with Crippen LogP contribution in [0.3, 0.4) is 0 Å². The molecule has 1 heterocycles. The van der Waals surface area contributed by atoms with Crippen LogP contribution in [0.25, 0.3) is 0 Å². The molecule has 0 unspecified atom stereocenters. The van der Waals surface area contributed by atoms with E-state index in [1.807, 2.05) is 0 Å². The molecule has 1 N–H and O–H groups in total. The predicted octanol–water partition coefficient (Wildman–Crippen LogP) is 0.784. The molecule has 0 atom stereocenters. The van der Waals surface area contributed by atoms with Gasteiger partial charge in [-0.2, -0.15) is 0 Å². The smallest absolute Gasteiger partial charge is 0.335 e. The first-order valence-corrected chi connectivity index (χ1v) is 5.73. The molecule has 1 aromatic rings. The van der Waals surface area contributed by atoms with Crippen LogP contribution < -0.4 is 0 Å². The molecule has 0 radical (unpaired) electrons. The Kier molecular flexibility index (Phi) is 3.62. The molecule has 1 aliphatic rings. The minimum absolute atomic E-state index is 0.0476. The van der Waals surface area contributed by atoms with E-state index in [1.165, 1.54) is 12.1 Å². The van der Waals surface area contributed by atoms with Crippen LogP contribution in [-0.4, -0.2) is 48.2 Å². The summed E-state index contributed by atoms with van der Waals surface area (Å²) in [5.41, 5.74) is 1.06. The molecule has 0 aliphatic carbocycles. The lowest BCUT2D eigenvalue weighted by Gasteiger charge is -2.38. The highest BCUT2D eigenvalue weighted by Gasteiger charge is 2.30. The summed E-state index contributed by atoms with van der Waals surface area (Å²) in [5.74, 6) is -0.912. The van der Waals surface area contributed by atoms with Crippen molar-refractivity contribution in [2.45, 2.75) is 12.5 Å². The average Bonchev–Trinajstić information content (AvgIpc) is 2.28. The van der Waals surface area contributed by atoms with Crippen LogP contribution in [0.4, 0.5) is 0 Å². The summed E-state index contributed by atoms with van der Waals surface area (Å²) in [4.78, 5) is 24.2. The van der Waals surface area contributed by atoms with Crippen molar-refractivity contribution in [2.24, 2.45) is 0 Å². The van der Waals surface area contributed by atoms with Gasteiger partial charge in [-0.15, -0.1) is 0 Å². The Bertz CT molecular complexity index is 449. The first-order chi connectivity index (χ1) is 8.60. The number of amides is 1. The summed E-state index contributed by atoms with van der Waals surface area (Å²) >= 11 is 0. The molecular weight excluding hydrogens is 234 g/mol. The van der Waals surface area contributed by atoms with Gasteiger partial charge in [-0.1, -0.05) is 12.1 Å². The van der Waals surface area contributed by atoms with Crippen LogP contribution in [0.2, 0.25) is 0 Å². The van der Waals surface area contributed by atoms with Crippen LogP contribution in [0.1, 0.15) is 15.9 Å². The highest BCUT2D eigenvalue weighted by atomic mass is 16.5. The van der Waals surface area contributed by atoms with Gasteiger partial charge in [0.2, 0.25) is 5.91 Å². The number of likely N-dealkylation sites (tertiary alicyclic amines) is 1. The van der Waals surface area contributed by atoms with E-state index in [0.29, 0.717) is 19.5 Å². The van der Waals surface area contributed by atoms with Crippen molar-refractivity contribution in [1.29, 1.82) is 0 Å².